The summed E-state index contributed by atoms with van der Waals surface area (Å²) >= 11 is 11.9. The summed E-state index contributed by atoms with van der Waals surface area (Å²) in [5, 5.41) is 7.45. The number of carbonyl (C=O) groups excluding carboxylic acids is 1. The summed E-state index contributed by atoms with van der Waals surface area (Å²) in [6.07, 6.45) is 3.32. The van der Waals surface area contributed by atoms with Crippen LogP contribution in [0.25, 0.3) is 0 Å². The number of piperidine rings is 1. The Morgan fingerprint density at radius 3 is 2.71 bits per heavy atom. The van der Waals surface area contributed by atoms with Gasteiger partial charge >= 0.3 is 0 Å². The molecule has 1 amide bonds. The molecular weight excluding hydrogens is 371 g/mol. The van der Waals surface area contributed by atoms with Crippen molar-refractivity contribution in [3.63, 3.8) is 0 Å². The van der Waals surface area contributed by atoms with Crippen LogP contribution in [0.4, 0.5) is 0 Å². The average Bonchev–Trinajstić information content (AvgIpc) is 2.52. The number of carbonyl (C=O) groups is 1. The van der Waals surface area contributed by atoms with Gasteiger partial charge in [0, 0.05) is 18.0 Å². The largest absolute Gasteiger partial charge is 0.492 e. The fraction of sp³-hybridized carbons (Fsp3) is 0.588. The van der Waals surface area contributed by atoms with Gasteiger partial charge in [0.2, 0.25) is 5.91 Å². The quantitative estimate of drug-likeness (QED) is 0.684. The second-order valence-electron chi connectivity index (χ2n) is 6.36. The van der Waals surface area contributed by atoms with E-state index in [4.69, 9.17) is 27.9 Å². The molecule has 1 aliphatic rings. The van der Waals surface area contributed by atoms with Crippen molar-refractivity contribution in [3.8, 4) is 5.75 Å². The third-order valence-corrected chi connectivity index (χ3v) is 4.75. The molecule has 1 saturated heterocycles. The van der Waals surface area contributed by atoms with E-state index in [1.807, 2.05) is 0 Å². The summed E-state index contributed by atoms with van der Waals surface area (Å²) in [6.45, 7) is 5.50. The Morgan fingerprint density at radius 1 is 1.33 bits per heavy atom. The highest BCUT2D eigenvalue weighted by molar-refractivity contribution is 6.35. The molecule has 0 aliphatic carbocycles. The van der Waals surface area contributed by atoms with Crippen LogP contribution in [0.3, 0.4) is 0 Å². The van der Waals surface area contributed by atoms with Crippen LogP contribution in [-0.4, -0.2) is 32.1 Å². The smallest absolute Gasteiger partial charge is 0.220 e. The van der Waals surface area contributed by atoms with Gasteiger partial charge in [0.05, 0.1) is 11.6 Å². The first-order valence-corrected chi connectivity index (χ1v) is 8.79. The second-order valence-corrected chi connectivity index (χ2v) is 7.21. The molecule has 1 aliphatic heterocycles. The van der Waals surface area contributed by atoms with Crippen molar-refractivity contribution in [2.24, 2.45) is 5.41 Å². The Balaban J connectivity index is 0.00000288. The van der Waals surface area contributed by atoms with Gasteiger partial charge in [-0.2, -0.15) is 0 Å². The minimum atomic E-state index is 0. The maximum absolute atomic E-state index is 11.9. The predicted molar refractivity (Wildman–Crippen MR) is 102 cm³/mol. The predicted octanol–water partition coefficient (Wildman–Crippen LogP) is 4.08. The lowest BCUT2D eigenvalue weighted by Gasteiger charge is -2.34. The summed E-state index contributed by atoms with van der Waals surface area (Å²) in [7, 11) is 0. The first kappa shape index (κ1) is 21.4. The zero-order chi connectivity index (χ0) is 16.7. The molecular formula is C17H25Cl3N2O2. The maximum atomic E-state index is 11.9. The molecule has 0 radical (unpaired) electrons. The van der Waals surface area contributed by atoms with Crippen molar-refractivity contribution < 1.29 is 9.53 Å². The third-order valence-electron chi connectivity index (χ3n) is 4.22. The second kappa shape index (κ2) is 10.3. The van der Waals surface area contributed by atoms with E-state index in [1.54, 1.807) is 18.2 Å². The Kier molecular flexibility index (Phi) is 9.21. The summed E-state index contributed by atoms with van der Waals surface area (Å²) in [5.74, 6) is 0.675. The van der Waals surface area contributed by atoms with Crippen LogP contribution in [0.1, 0.15) is 32.6 Å². The van der Waals surface area contributed by atoms with Gasteiger partial charge in [0.25, 0.3) is 0 Å². The molecule has 1 heterocycles. The number of hydrogen-bond acceptors (Lipinski definition) is 3. The summed E-state index contributed by atoms with van der Waals surface area (Å²) in [4.78, 5) is 11.9. The Morgan fingerprint density at radius 2 is 2.04 bits per heavy atom. The van der Waals surface area contributed by atoms with E-state index in [0.717, 1.165) is 32.5 Å². The fourth-order valence-corrected chi connectivity index (χ4v) is 3.08. The van der Waals surface area contributed by atoms with Crippen LogP contribution in [-0.2, 0) is 4.79 Å². The highest BCUT2D eigenvalue weighted by atomic mass is 35.5. The van der Waals surface area contributed by atoms with Crippen LogP contribution in [0.15, 0.2) is 18.2 Å². The highest BCUT2D eigenvalue weighted by Gasteiger charge is 2.26. The maximum Gasteiger partial charge on any atom is 0.220 e. The molecule has 24 heavy (non-hydrogen) atoms. The molecule has 0 aromatic heterocycles. The van der Waals surface area contributed by atoms with Crippen LogP contribution in [0, 0.1) is 5.41 Å². The monoisotopic (exact) mass is 394 g/mol. The Bertz CT molecular complexity index is 535. The van der Waals surface area contributed by atoms with Gasteiger partial charge in [-0.3, -0.25) is 4.79 Å². The molecule has 4 nitrogen and oxygen atoms in total. The van der Waals surface area contributed by atoms with E-state index in [2.05, 4.69) is 17.6 Å². The van der Waals surface area contributed by atoms with Crippen molar-refractivity contribution in [2.45, 2.75) is 32.6 Å². The van der Waals surface area contributed by atoms with Crippen molar-refractivity contribution in [2.75, 3.05) is 26.2 Å². The van der Waals surface area contributed by atoms with Gasteiger partial charge in [0.15, 0.2) is 0 Å². The van der Waals surface area contributed by atoms with Gasteiger partial charge in [-0.25, -0.2) is 0 Å². The van der Waals surface area contributed by atoms with E-state index < -0.39 is 0 Å². The van der Waals surface area contributed by atoms with E-state index in [0.29, 0.717) is 35.2 Å². The number of benzene rings is 1. The SMILES string of the molecule is CC1(CNC(=O)CCCOc2ccc(Cl)cc2Cl)CCNCC1.Cl. The van der Waals surface area contributed by atoms with Crippen molar-refractivity contribution >= 4 is 41.5 Å². The molecule has 1 fully saturated rings. The molecule has 136 valence electrons. The minimum absolute atomic E-state index is 0. The van der Waals surface area contributed by atoms with Crippen molar-refractivity contribution in [1.82, 2.24) is 10.6 Å². The van der Waals surface area contributed by atoms with E-state index in [9.17, 15) is 4.79 Å². The molecule has 7 heteroatoms. The number of ether oxygens (including phenoxy) is 1. The molecule has 0 atom stereocenters. The lowest BCUT2D eigenvalue weighted by atomic mass is 9.81. The first-order chi connectivity index (χ1) is 11.0. The minimum Gasteiger partial charge on any atom is -0.492 e. The number of nitrogens with one attached hydrogen (secondary N) is 2. The summed E-state index contributed by atoms with van der Waals surface area (Å²) in [6, 6.07) is 5.11. The zero-order valence-electron chi connectivity index (χ0n) is 13.9. The van der Waals surface area contributed by atoms with Crippen molar-refractivity contribution in [3.05, 3.63) is 28.2 Å². The Hall–Kier alpha value is -0.680. The van der Waals surface area contributed by atoms with E-state index in [-0.39, 0.29) is 23.7 Å². The van der Waals surface area contributed by atoms with Gasteiger partial charge in [-0.1, -0.05) is 30.1 Å². The molecule has 2 rings (SSSR count). The lowest BCUT2D eigenvalue weighted by Crippen LogP contribution is -2.42. The molecule has 2 N–H and O–H groups in total. The van der Waals surface area contributed by atoms with Gasteiger partial charge in [-0.05, 0) is 56.0 Å². The zero-order valence-corrected chi connectivity index (χ0v) is 16.2. The van der Waals surface area contributed by atoms with Gasteiger partial charge < -0.3 is 15.4 Å². The van der Waals surface area contributed by atoms with Crippen LogP contribution in [0.5, 0.6) is 5.75 Å². The van der Waals surface area contributed by atoms with Crippen LogP contribution in [0.2, 0.25) is 10.0 Å². The molecule has 0 bridgehead atoms. The number of hydrogen-bond donors (Lipinski definition) is 2. The van der Waals surface area contributed by atoms with E-state index >= 15 is 0 Å². The molecule has 1 aromatic carbocycles. The third kappa shape index (κ3) is 7.06. The highest BCUT2D eigenvalue weighted by Crippen LogP contribution is 2.28. The summed E-state index contributed by atoms with van der Waals surface area (Å²) in [5.41, 5.74) is 0.217. The molecule has 0 spiro atoms. The standard InChI is InChI=1S/C17H24Cl2N2O2.ClH/c1-17(6-8-20-9-7-17)12-21-16(22)3-2-10-23-15-5-4-13(18)11-14(15)19;/h4-5,11,20H,2-3,6-10,12H2,1H3,(H,21,22);1H. The molecule has 1 aromatic rings. The van der Waals surface area contributed by atoms with Gasteiger partial charge in [-0.15, -0.1) is 12.4 Å². The van der Waals surface area contributed by atoms with Crippen LogP contribution >= 0.6 is 35.6 Å². The normalized spacial score (nSPS) is 16.1. The Labute approximate surface area is 160 Å². The van der Waals surface area contributed by atoms with Gasteiger partial charge in [0.1, 0.15) is 5.75 Å². The van der Waals surface area contributed by atoms with Crippen LogP contribution < -0.4 is 15.4 Å². The average molecular weight is 396 g/mol. The lowest BCUT2D eigenvalue weighted by molar-refractivity contribution is -0.121. The molecule has 0 saturated carbocycles. The molecule has 0 unspecified atom stereocenters. The first-order valence-electron chi connectivity index (χ1n) is 8.04. The number of rotatable bonds is 7. The summed E-state index contributed by atoms with van der Waals surface area (Å²) < 4.78 is 5.58. The number of halogens is 3. The van der Waals surface area contributed by atoms with E-state index in [1.165, 1.54) is 0 Å². The fourth-order valence-electron chi connectivity index (χ4n) is 2.61. The van der Waals surface area contributed by atoms with Crippen molar-refractivity contribution in [1.29, 1.82) is 0 Å². The number of amides is 1. The topological polar surface area (TPSA) is 50.4 Å².